The van der Waals surface area contributed by atoms with Crippen LogP contribution < -0.4 is 31.7 Å². The Morgan fingerprint density at radius 1 is 1.24 bits per heavy atom. The third kappa shape index (κ3) is 4.51. The van der Waals surface area contributed by atoms with Gasteiger partial charge in [-0.15, -0.1) is 0 Å². The van der Waals surface area contributed by atoms with E-state index < -0.39 is 34.0 Å². The molecule has 2 saturated carbocycles. The first-order valence-electron chi connectivity index (χ1n) is 11.8. The molecule has 5 aliphatic rings. The molecular weight excluding hydrogens is 468 g/mol. The summed E-state index contributed by atoms with van der Waals surface area (Å²) in [7, 11) is -2.00. The van der Waals surface area contributed by atoms with E-state index in [9.17, 15) is 18.0 Å². The fourth-order valence-corrected chi connectivity index (χ4v) is 7.16. The van der Waals surface area contributed by atoms with Gasteiger partial charge in [-0.3, -0.25) is 19.8 Å². The number of nitrogens with zero attached hydrogens (tertiary/aromatic N) is 2. The number of ether oxygens (including phenoxy) is 1. The van der Waals surface area contributed by atoms with Crippen molar-refractivity contribution in [3.05, 3.63) is 0 Å². The zero-order valence-corrected chi connectivity index (χ0v) is 20.4. The summed E-state index contributed by atoms with van der Waals surface area (Å²) in [4.78, 5) is 34.2. The lowest BCUT2D eigenvalue weighted by Gasteiger charge is -2.37. The van der Waals surface area contributed by atoms with Gasteiger partial charge in [-0.25, -0.2) is 28.8 Å². The van der Waals surface area contributed by atoms with Crippen LogP contribution in [0, 0.1) is 0 Å². The Morgan fingerprint density at radius 3 is 2.65 bits per heavy atom. The van der Waals surface area contributed by atoms with E-state index in [1.807, 2.05) is 13.8 Å². The first-order valence-corrected chi connectivity index (χ1v) is 13.3. The lowest BCUT2D eigenvalue weighted by atomic mass is 9.89. The second-order valence-electron chi connectivity index (χ2n) is 9.98. The number of fused-ring (bicyclic) bond motifs is 1. The van der Waals surface area contributed by atoms with Crippen molar-refractivity contribution in [3.8, 4) is 0 Å². The molecule has 0 radical (unpaired) electrons. The molecule has 7 unspecified atom stereocenters. The Morgan fingerprint density at radius 2 is 2.00 bits per heavy atom. The van der Waals surface area contributed by atoms with Crippen LogP contribution in [0.25, 0.3) is 0 Å². The Bertz CT molecular complexity index is 932. The van der Waals surface area contributed by atoms with E-state index in [4.69, 9.17) is 9.57 Å². The van der Waals surface area contributed by atoms with Gasteiger partial charge >= 0.3 is 6.03 Å². The molecule has 3 heterocycles. The summed E-state index contributed by atoms with van der Waals surface area (Å²) in [5, 5.41) is 4.96. The molecule has 5 rings (SSSR count). The second kappa shape index (κ2) is 8.81. The van der Waals surface area contributed by atoms with Crippen molar-refractivity contribution < 1.29 is 27.6 Å². The topological polar surface area (TPSA) is 165 Å². The zero-order chi connectivity index (χ0) is 24.3. The highest BCUT2D eigenvalue weighted by Crippen LogP contribution is 2.40. The lowest BCUT2D eigenvalue weighted by Crippen LogP contribution is -2.54. The summed E-state index contributed by atoms with van der Waals surface area (Å²) in [6.45, 7) is 3.93. The monoisotopic (exact) mass is 502 g/mol. The maximum atomic E-state index is 13.6. The molecule has 5 fully saturated rings. The van der Waals surface area contributed by atoms with Crippen molar-refractivity contribution in [2.24, 2.45) is 0 Å². The minimum Gasteiger partial charge on any atom is -0.357 e. The number of amides is 3. The first kappa shape index (κ1) is 24.1. The van der Waals surface area contributed by atoms with Gasteiger partial charge in [0, 0.05) is 12.6 Å². The van der Waals surface area contributed by atoms with Crippen LogP contribution in [0.2, 0.25) is 0 Å². The highest BCUT2D eigenvalue weighted by Gasteiger charge is 2.55. The normalized spacial score (nSPS) is 39.4. The van der Waals surface area contributed by atoms with E-state index in [2.05, 4.69) is 31.7 Å². The van der Waals surface area contributed by atoms with Crippen LogP contribution in [0.4, 0.5) is 4.79 Å². The van der Waals surface area contributed by atoms with Crippen molar-refractivity contribution in [1.29, 1.82) is 0 Å². The van der Waals surface area contributed by atoms with Gasteiger partial charge in [0.15, 0.2) is 6.17 Å². The summed E-state index contributed by atoms with van der Waals surface area (Å²) < 4.78 is 34.9. The largest absolute Gasteiger partial charge is 0.357 e. The molecule has 15 heteroatoms. The minimum atomic E-state index is -3.53. The van der Waals surface area contributed by atoms with Gasteiger partial charge in [-0.1, -0.05) is 0 Å². The third-order valence-corrected chi connectivity index (χ3v) is 9.42. The lowest BCUT2D eigenvalue weighted by molar-refractivity contribution is -0.124. The zero-order valence-electron chi connectivity index (χ0n) is 19.5. The van der Waals surface area contributed by atoms with E-state index in [0.717, 1.165) is 12.8 Å². The predicted molar refractivity (Wildman–Crippen MR) is 118 cm³/mol. The third-order valence-electron chi connectivity index (χ3n) is 7.33. The Balaban J connectivity index is 1.33. The summed E-state index contributed by atoms with van der Waals surface area (Å²) in [5.74, 6) is -0.277. The van der Waals surface area contributed by atoms with Crippen molar-refractivity contribution in [2.75, 3.05) is 13.6 Å². The molecule has 192 valence electrons. The molecular formula is C19H34N8O6S. The predicted octanol–water partition coefficient (Wildman–Crippen LogP) is -2.24. The van der Waals surface area contributed by atoms with E-state index in [0.29, 0.717) is 19.3 Å². The van der Waals surface area contributed by atoms with Crippen LogP contribution in [0.15, 0.2) is 0 Å². The molecule has 0 aromatic carbocycles. The number of likely N-dealkylation sites (N-methyl/N-ethyl adjacent to an activating group) is 1. The van der Waals surface area contributed by atoms with Crippen molar-refractivity contribution in [2.45, 2.75) is 93.8 Å². The van der Waals surface area contributed by atoms with Crippen molar-refractivity contribution >= 4 is 22.0 Å². The summed E-state index contributed by atoms with van der Waals surface area (Å²) >= 11 is 0. The molecule has 6 N–H and O–H groups in total. The Labute approximate surface area is 198 Å². The molecule has 3 amide bonds. The summed E-state index contributed by atoms with van der Waals surface area (Å²) in [5.41, 5.74) is 8.23. The van der Waals surface area contributed by atoms with Gasteiger partial charge in [0.25, 0.3) is 5.91 Å². The highest BCUT2D eigenvalue weighted by molar-refractivity contribution is 7.90. The smallest absolute Gasteiger partial charge is 0.323 e. The van der Waals surface area contributed by atoms with Crippen LogP contribution in [0.1, 0.15) is 46.0 Å². The molecule has 7 atom stereocenters. The Kier molecular flexibility index (Phi) is 6.25. The molecule has 0 aromatic heterocycles. The van der Waals surface area contributed by atoms with E-state index in [-0.39, 0.29) is 42.3 Å². The number of hydrazine groups is 1. The maximum absolute atomic E-state index is 13.6. The van der Waals surface area contributed by atoms with Gasteiger partial charge in [-0.2, -0.15) is 5.48 Å². The number of carbonyl (C=O) groups is 2. The number of urea groups is 1. The molecule has 3 aliphatic heterocycles. The maximum Gasteiger partial charge on any atom is 0.323 e. The molecule has 3 saturated heterocycles. The highest BCUT2D eigenvalue weighted by atomic mass is 32.2. The summed E-state index contributed by atoms with van der Waals surface area (Å²) in [6.07, 6.45) is 0.635. The average molecular weight is 503 g/mol. The number of hydroxylamine groups is 1. The molecule has 0 aromatic rings. The fourth-order valence-electron chi connectivity index (χ4n) is 5.21. The number of carbonyl (C=O) groups excluding carboxylic acids is 2. The number of hydrogen-bond donors (Lipinski definition) is 6. The van der Waals surface area contributed by atoms with Gasteiger partial charge in [0.2, 0.25) is 16.4 Å². The summed E-state index contributed by atoms with van der Waals surface area (Å²) in [6, 6.07) is -0.831. The van der Waals surface area contributed by atoms with Crippen molar-refractivity contribution in [3.63, 3.8) is 0 Å². The molecule has 34 heavy (non-hydrogen) atoms. The fraction of sp³-hybridized carbons (Fsp3) is 0.895. The van der Waals surface area contributed by atoms with Gasteiger partial charge in [0.1, 0.15) is 12.5 Å². The Hall–Kier alpha value is -1.59. The number of nitrogens with one attached hydrogen (secondary N) is 6. The number of sulfonamides is 1. The first-order chi connectivity index (χ1) is 16.1. The quantitative estimate of drug-likeness (QED) is 0.224. The average Bonchev–Trinajstić information content (AvgIpc) is 3.13. The molecule has 0 spiro atoms. The second-order valence-corrected chi connectivity index (χ2v) is 11.9. The molecule has 0 bridgehead atoms. The van der Waals surface area contributed by atoms with E-state index in [1.54, 1.807) is 9.80 Å². The van der Waals surface area contributed by atoms with Crippen LogP contribution in [0.3, 0.4) is 0 Å². The van der Waals surface area contributed by atoms with Gasteiger partial charge in [-0.05, 0) is 46.0 Å². The SMILES string of the molecule is CNC(=O)C1NOC(CN2C(=O)N(C3NNC(C)O3)C3CC(S(=O)(=O)NC4(C)CC4)CCC32)N1. The molecule has 14 nitrogen and oxygen atoms in total. The van der Waals surface area contributed by atoms with Gasteiger partial charge < -0.3 is 15.0 Å². The number of hydrogen-bond acceptors (Lipinski definition) is 10. The van der Waals surface area contributed by atoms with Crippen LogP contribution in [-0.4, -0.2) is 91.6 Å². The number of rotatable bonds is 7. The van der Waals surface area contributed by atoms with Gasteiger partial charge in [0.05, 0.1) is 23.9 Å². The van der Waals surface area contributed by atoms with Crippen LogP contribution in [-0.2, 0) is 24.4 Å². The van der Waals surface area contributed by atoms with Crippen LogP contribution in [0.5, 0.6) is 0 Å². The van der Waals surface area contributed by atoms with E-state index >= 15 is 0 Å². The van der Waals surface area contributed by atoms with Crippen LogP contribution >= 0.6 is 0 Å². The minimum absolute atomic E-state index is 0.195. The van der Waals surface area contributed by atoms with E-state index in [1.165, 1.54) is 7.05 Å². The molecule has 2 aliphatic carbocycles. The van der Waals surface area contributed by atoms with Crippen molar-refractivity contribution in [1.82, 2.24) is 41.5 Å². The standard InChI is InChI=1S/C19H34N8O6S/c1-10-22-23-17(32-10)27-13-8-11(34(30,31)25-19(2)6-7-19)4-5-12(13)26(18(27)29)9-14-21-15(24-33-14)16(28)20-3/h10-15,17,21-25H,4-9H2,1-3H3,(H,20,28).